The van der Waals surface area contributed by atoms with E-state index in [-0.39, 0.29) is 12.0 Å². The number of aromatic amines is 1. The minimum atomic E-state index is -0.351. The Morgan fingerprint density at radius 3 is 2.94 bits per heavy atom. The average Bonchev–Trinajstić information content (AvgIpc) is 2.74. The van der Waals surface area contributed by atoms with E-state index >= 15 is 0 Å². The quantitative estimate of drug-likeness (QED) is 0.708. The second-order valence-electron chi connectivity index (χ2n) is 3.65. The van der Waals surface area contributed by atoms with Crippen molar-refractivity contribution < 1.29 is 14.3 Å². The second kappa shape index (κ2) is 6.30. The summed E-state index contributed by atoms with van der Waals surface area (Å²) in [6.07, 6.45) is 1.79. The molecule has 1 heterocycles. The van der Waals surface area contributed by atoms with Gasteiger partial charge in [-0.15, -0.1) is 0 Å². The number of carbonyl (C=O) groups is 1. The maximum atomic E-state index is 11.2. The molecule has 90 valence electrons. The molecule has 5 nitrogen and oxygen atoms in total. The van der Waals surface area contributed by atoms with E-state index in [4.69, 9.17) is 4.74 Å². The van der Waals surface area contributed by atoms with Gasteiger partial charge in [0.2, 0.25) is 0 Å². The molecule has 0 aliphatic carbocycles. The summed E-state index contributed by atoms with van der Waals surface area (Å²) in [7, 11) is 3.03. The third-order valence-corrected chi connectivity index (χ3v) is 2.22. The van der Waals surface area contributed by atoms with E-state index < -0.39 is 0 Å². The molecule has 1 rings (SSSR count). The molecule has 1 unspecified atom stereocenters. The van der Waals surface area contributed by atoms with E-state index in [1.165, 1.54) is 7.11 Å². The number of ether oxygens (including phenoxy) is 2. The fourth-order valence-corrected chi connectivity index (χ4v) is 1.37. The lowest BCUT2D eigenvalue weighted by molar-refractivity contribution is 0.0595. The molecule has 16 heavy (non-hydrogen) atoms. The van der Waals surface area contributed by atoms with Gasteiger partial charge in [-0.3, -0.25) is 0 Å². The molecule has 2 N–H and O–H groups in total. The highest BCUT2D eigenvalue weighted by Gasteiger charge is 2.08. The minimum absolute atomic E-state index is 0.279. The Kier molecular flexibility index (Phi) is 5.01. The Labute approximate surface area is 95.1 Å². The van der Waals surface area contributed by atoms with Crippen LogP contribution in [0.25, 0.3) is 0 Å². The first-order valence-corrected chi connectivity index (χ1v) is 5.15. The number of H-pyrrole nitrogens is 1. The first-order chi connectivity index (χ1) is 7.67. The number of esters is 1. The van der Waals surface area contributed by atoms with Gasteiger partial charge in [-0.1, -0.05) is 0 Å². The summed E-state index contributed by atoms with van der Waals surface area (Å²) in [5.41, 5.74) is 1.49. The molecule has 0 spiro atoms. The summed E-state index contributed by atoms with van der Waals surface area (Å²) in [4.78, 5) is 14.0. The van der Waals surface area contributed by atoms with Crippen molar-refractivity contribution in [3.63, 3.8) is 0 Å². The summed E-state index contributed by atoms with van der Waals surface area (Å²) in [6.45, 7) is 3.39. The molecule has 0 saturated carbocycles. The van der Waals surface area contributed by atoms with Crippen LogP contribution in [0.5, 0.6) is 0 Å². The zero-order valence-corrected chi connectivity index (χ0v) is 9.87. The van der Waals surface area contributed by atoms with E-state index in [9.17, 15) is 4.79 Å². The Morgan fingerprint density at radius 1 is 1.56 bits per heavy atom. The van der Waals surface area contributed by atoms with Gasteiger partial charge in [0.1, 0.15) is 5.69 Å². The van der Waals surface area contributed by atoms with Gasteiger partial charge >= 0.3 is 5.97 Å². The van der Waals surface area contributed by atoms with Crippen LogP contribution in [-0.2, 0) is 16.0 Å². The van der Waals surface area contributed by atoms with E-state index in [2.05, 4.69) is 15.0 Å². The molecule has 0 bridgehead atoms. The van der Waals surface area contributed by atoms with Gasteiger partial charge in [0.25, 0.3) is 0 Å². The molecule has 0 fully saturated rings. The standard InChI is InChI=1S/C11H18N2O3/c1-8(7-15-2)12-5-9-4-10(13-6-9)11(14)16-3/h4,6,8,12-13H,5,7H2,1-3H3. The van der Waals surface area contributed by atoms with Crippen molar-refractivity contribution in [2.24, 2.45) is 0 Å². The summed E-state index contributed by atoms with van der Waals surface area (Å²) in [6, 6.07) is 2.06. The summed E-state index contributed by atoms with van der Waals surface area (Å²) < 4.78 is 9.61. The lowest BCUT2D eigenvalue weighted by atomic mass is 10.3. The maximum Gasteiger partial charge on any atom is 0.354 e. The van der Waals surface area contributed by atoms with Crippen LogP contribution in [0.3, 0.4) is 0 Å². The molecule has 1 atom stereocenters. The Hall–Kier alpha value is -1.33. The van der Waals surface area contributed by atoms with Gasteiger partial charge in [-0.25, -0.2) is 4.79 Å². The molecule has 0 saturated heterocycles. The molecular weight excluding hydrogens is 208 g/mol. The second-order valence-corrected chi connectivity index (χ2v) is 3.65. The summed E-state index contributed by atoms with van der Waals surface area (Å²) in [5, 5.41) is 3.27. The van der Waals surface area contributed by atoms with Crippen LogP contribution < -0.4 is 5.32 Å². The smallest absolute Gasteiger partial charge is 0.354 e. The number of hydrogen-bond acceptors (Lipinski definition) is 4. The van der Waals surface area contributed by atoms with Crippen LogP contribution in [0.2, 0.25) is 0 Å². The van der Waals surface area contributed by atoms with Crippen molar-refractivity contribution in [2.75, 3.05) is 20.8 Å². The molecule has 0 aliphatic heterocycles. The van der Waals surface area contributed by atoms with Crippen molar-refractivity contribution in [1.29, 1.82) is 0 Å². The van der Waals surface area contributed by atoms with Crippen LogP contribution in [0.4, 0.5) is 0 Å². The third-order valence-electron chi connectivity index (χ3n) is 2.22. The molecule has 5 heteroatoms. The van der Waals surface area contributed by atoms with E-state index in [0.717, 1.165) is 5.56 Å². The maximum absolute atomic E-state index is 11.2. The van der Waals surface area contributed by atoms with Crippen molar-refractivity contribution in [3.05, 3.63) is 23.5 Å². The van der Waals surface area contributed by atoms with E-state index in [0.29, 0.717) is 18.8 Å². The molecule has 0 radical (unpaired) electrons. The fourth-order valence-electron chi connectivity index (χ4n) is 1.37. The van der Waals surface area contributed by atoms with Gasteiger partial charge in [-0.05, 0) is 18.6 Å². The van der Waals surface area contributed by atoms with Gasteiger partial charge in [0.15, 0.2) is 0 Å². The highest BCUT2D eigenvalue weighted by molar-refractivity contribution is 5.87. The van der Waals surface area contributed by atoms with Crippen LogP contribution in [-0.4, -0.2) is 37.8 Å². The van der Waals surface area contributed by atoms with Crippen LogP contribution in [0.15, 0.2) is 12.3 Å². The number of carbonyl (C=O) groups excluding carboxylic acids is 1. The lowest BCUT2D eigenvalue weighted by Gasteiger charge is -2.11. The fraction of sp³-hybridized carbons (Fsp3) is 0.545. The molecular formula is C11H18N2O3. The first-order valence-electron chi connectivity index (χ1n) is 5.15. The molecule has 0 aliphatic rings. The summed E-state index contributed by atoms with van der Waals surface area (Å²) in [5.74, 6) is -0.351. The highest BCUT2D eigenvalue weighted by Crippen LogP contribution is 2.04. The average molecular weight is 226 g/mol. The summed E-state index contributed by atoms with van der Waals surface area (Å²) >= 11 is 0. The van der Waals surface area contributed by atoms with Gasteiger partial charge in [-0.2, -0.15) is 0 Å². The van der Waals surface area contributed by atoms with Crippen LogP contribution in [0, 0.1) is 0 Å². The zero-order chi connectivity index (χ0) is 12.0. The number of nitrogens with one attached hydrogen (secondary N) is 2. The predicted octanol–water partition coefficient (Wildman–Crippen LogP) is 0.926. The first kappa shape index (κ1) is 12.7. The van der Waals surface area contributed by atoms with Gasteiger partial charge in [0, 0.05) is 25.9 Å². The molecule has 0 amide bonds. The molecule has 1 aromatic heterocycles. The van der Waals surface area contributed by atoms with Crippen molar-refractivity contribution in [1.82, 2.24) is 10.3 Å². The molecule has 1 aromatic rings. The predicted molar refractivity (Wildman–Crippen MR) is 60.3 cm³/mol. The number of hydrogen-bond donors (Lipinski definition) is 2. The van der Waals surface area contributed by atoms with Crippen molar-refractivity contribution in [2.45, 2.75) is 19.5 Å². The van der Waals surface area contributed by atoms with Crippen molar-refractivity contribution >= 4 is 5.97 Å². The van der Waals surface area contributed by atoms with E-state index in [1.807, 2.05) is 6.92 Å². The highest BCUT2D eigenvalue weighted by atomic mass is 16.5. The van der Waals surface area contributed by atoms with Gasteiger partial charge < -0.3 is 19.8 Å². The SMILES string of the molecule is COCC(C)NCc1c[nH]c(C(=O)OC)c1. The largest absolute Gasteiger partial charge is 0.464 e. The Morgan fingerprint density at radius 2 is 2.31 bits per heavy atom. The minimum Gasteiger partial charge on any atom is -0.464 e. The monoisotopic (exact) mass is 226 g/mol. The van der Waals surface area contributed by atoms with Crippen LogP contribution >= 0.6 is 0 Å². The Bertz CT molecular complexity index is 336. The zero-order valence-electron chi connectivity index (χ0n) is 9.87. The number of rotatable bonds is 6. The topological polar surface area (TPSA) is 63.3 Å². The van der Waals surface area contributed by atoms with Gasteiger partial charge in [0.05, 0.1) is 13.7 Å². The normalized spacial score (nSPS) is 12.4. The lowest BCUT2D eigenvalue weighted by Crippen LogP contribution is -2.29. The number of methoxy groups -OCH3 is 2. The Balaban J connectivity index is 2.43. The molecule has 0 aromatic carbocycles. The van der Waals surface area contributed by atoms with E-state index in [1.54, 1.807) is 19.4 Å². The number of aromatic nitrogens is 1. The van der Waals surface area contributed by atoms with Crippen molar-refractivity contribution in [3.8, 4) is 0 Å². The van der Waals surface area contributed by atoms with Crippen LogP contribution in [0.1, 0.15) is 23.0 Å². The third kappa shape index (κ3) is 3.67.